The maximum absolute atomic E-state index is 8.65. The van der Waals surface area contributed by atoms with E-state index in [2.05, 4.69) is 30.5 Å². The van der Waals surface area contributed by atoms with Gasteiger partial charge < -0.3 is 5.32 Å². The molecule has 0 aliphatic rings. The zero-order valence-corrected chi connectivity index (χ0v) is 8.38. The summed E-state index contributed by atoms with van der Waals surface area (Å²) in [5, 5.41) is 18.1. The minimum absolute atomic E-state index is 0.345. The molecule has 0 spiro atoms. The SMILES string of the molecule is N#Cc1ccnc(NCCc2ncn[nH]2)n1. The molecule has 0 aliphatic heterocycles. The van der Waals surface area contributed by atoms with Crippen molar-refractivity contribution in [3.8, 4) is 6.07 Å². The van der Waals surface area contributed by atoms with Crippen LogP contribution in [0.5, 0.6) is 0 Å². The normalized spacial score (nSPS) is 9.69. The third-order valence-electron chi connectivity index (χ3n) is 1.88. The van der Waals surface area contributed by atoms with E-state index in [1.54, 1.807) is 12.3 Å². The molecule has 0 saturated carbocycles. The van der Waals surface area contributed by atoms with Gasteiger partial charge >= 0.3 is 0 Å². The maximum atomic E-state index is 8.65. The molecule has 80 valence electrons. The summed E-state index contributed by atoms with van der Waals surface area (Å²) in [6.45, 7) is 0.629. The van der Waals surface area contributed by atoms with E-state index in [1.807, 2.05) is 6.07 Å². The standard InChI is InChI=1S/C9H9N7/c10-5-7-1-3-11-9(15-7)12-4-2-8-13-6-14-16-8/h1,3,6H,2,4H2,(H,11,12,15)(H,13,14,16). The Labute approximate surface area is 91.6 Å². The van der Waals surface area contributed by atoms with Gasteiger partial charge in [0.2, 0.25) is 5.95 Å². The van der Waals surface area contributed by atoms with Gasteiger partial charge in [0, 0.05) is 19.2 Å². The Hall–Kier alpha value is -2.49. The van der Waals surface area contributed by atoms with Gasteiger partial charge in [0.15, 0.2) is 0 Å². The second kappa shape index (κ2) is 4.84. The van der Waals surface area contributed by atoms with Gasteiger partial charge in [-0.05, 0) is 6.07 Å². The first kappa shape index (κ1) is 10.0. The van der Waals surface area contributed by atoms with Crippen molar-refractivity contribution in [1.29, 1.82) is 5.26 Å². The van der Waals surface area contributed by atoms with Crippen molar-refractivity contribution in [3.05, 3.63) is 30.1 Å². The highest BCUT2D eigenvalue weighted by Crippen LogP contribution is 1.99. The third kappa shape index (κ3) is 2.51. The predicted molar refractivity (Wildman–Crippen MR) is 55.3 cm³/mol. The molecule has 0 radical (unpaired) electrons. The molecular formula is C9H9N7. The summed E-state index contributed by atoms with van der Waals surface area (Å²) in [5.74, 6) is 1.24. The van der Waals surface area contributed by atoms with Crippen LogP contribution in [-0.4, -0.2) is 31.7 Å². The monoisotopic (exact) mass is 215 g/mol. The lowest BCUT2D eigenvalue weighted by Gasteiger charge is -2.02. The predicted octanol–water partition coefficient (Wildman–Crippen LogP) is 0.121. The number of rotatable bonds is 4. The van der Waals surface area contributed by atoms with E-state index in [1.165, 1.54) is 6.33 Å². The van der Waals surface area contributed by atoms with Crippen LogP contribution in [0.3, 0.4) is 0 Å². The number of aromatic nitrogens is 5. The van der Waals surface area contributed by atoms with Crippen molar-refractivity contribution in [2.24, 2.45) is 0 Å². The van der Waals surface area contributed by atoms with Crippen LogP contribution in [0, 0.1) is 11.3 Å². The number of nitrogens with zero attached hydrogens (tertiary/aromatic N) is 5. The van der Waals surface area contributed by atoms with Crippen LogP contribution in [-0.2, 0) is 6.42 Å². The summed E-state index contributed by atoms with van der Waals surface area (Å²) in [6, 6.07) is 3.51. The van der Waals surface area contributed by atoms with Crippen LogP contribution in [0.1, 0.15) is 11.5 Å². The van der Waals surface area contributed by atoms with Crippen LogP contribution in [0.25, 0.3) is 0 Å². The summed E-state index contributed by atoms with van der Waals surface area (Å²) in [4.78, 5) is 11.9. The zero-order chi connectivity index (χ0) is 11.2. The molecule has 0 fully saturated rings. The van der Waals surface area contributed by atoms with Crippen molar-refractivity contribution in [2.75, 3.05) is 11.9 Å². The van der Waals surface area contributed by atoms with Gasteiger partial charge in [-0.1, -0.05) is 0 Å². The second-order valence-electron chi connectivity index (χ2n) is 2.99. The average Bonchev–Trinajstić information content (AvgIpc) is 2.82. The quantitative estimate of drug-likeness (QED) is 0.750. The lowest BCUT2D eigenvalue weighted by Crippen LogP contribution is -2.09. The number of hydrogen-bond donors (Lipinski definition) is 2. The van der Waals surface area contributed by atoms with Gasteiger partial charge in [-0.15, -0.1) is 0 Å². The summed E-state index contributed by atoms with van der Waals surface area (Å²) in [7, 11) is 0. The van der Waals surface area contributed by atoms with E-state index in [0.717, 1.165) is 5.82 Å². The number of nitrogens with one attached hydrogen (secondary N) is 2. The second-order valence-corrected chi connectivity index (χ2v) is 2.99. The van der Waals surface area contributed by atoms with Crippen LogP contribution in [0.15, 0.2) is 18.6 Å². The van der Waals surface area contributed by atoms with Gasteiger partial charge in [0.25, 0.3) is 0 Å². The van der Waals surface area contributed by atoms with Crippen molar-refractivity contribution in [1.82, 2.24) is 25.1 Å². The molecule has 2 rings (SSSR count). The van der Waals surface area contributed by atoms with Crippen LogP contribution >= 0.6 is 0 Å². The number of hydrogen-bond acceptors (Lipinski definition) is 6. The fourth-order valence-corrected chi connectivity index (χ4v) is 1.15. The Kier molecular flexibility index (Phi) is 3.04. The summed E-state index contributed by atoms with van der Waals surface area (Å²) in [6.07, 6.45) is 3.70. The Balaban J connectivity index is 1.88. The van der Waals surface area contributed by atoms with E-state index >= 15 is 0 Å². The van der Waals surface area contributed by atoms with Gasteiger partial charge in [-0.2, -0.15) is 10.4 Å². The molecule has 0 saturated heterocycles. The molecular weight excluding hydrogens is 206 g/mol. The Bertz CT molecular complexity index is 485. The van der Waals surface area contributed by atoms with Crippen LogP contribution < -0.4 is 5.32 Å². The van der Waals surface area contributed by atoms with Crippen LogP contribution in [0.4, 0.5) is 5.95 Å². The van der Waals surface area contributed by atoms with Crippen molar-refractivity contribution in [2.45, 2.75) is 6.42 Å². The Morgan fingerprint density at radius 3 is 3.12 bits per heavy atom. The first-order valence-corrected chi connectivity index (χ1v) is 4.70. The van der Waals surface area contributed by atoms with Crippen molar-refractivity contribution in [3.63, 3.8) is 0 Å². The molecule has 7 heteroatoms. The molecule has 0 bridgehead atoms. The molecule has 16 heavy (non-hydrogen) atoms. The molecule has 2 aromatic rings. The highest BCUT2D eigenvalue weighted by atomic mass is 15.2. The van der Waals surface area contributed by atoms with Crippen LogP contribution in [0.2, 0.25) is 0 Å². The molecule has 0 aliphatic carbocycles. The Morgan fingerprint density at radius 1 is 1.44 bits per heavy atom. The number of H-pyrrole nitrogens is 1. The molecule has 7 nitrogen and oxygen atoms in total. The first-order chi connectivity index (χ1) is 7.88. The number of nitriles is 1. The molecule has 0 atom stereocenters. The Morgan fingerprint density at radius 2 is 2.38 bits per heavy atom. The van der Waals surface area contributed by atoms with Crippen molar-refractivity contribution < 1.29 is 0 Å². The largest absolute Gasteiger partial charge is 0.354 e. The average molecular weight is 215 g/mol. The summed E-state index contributed by atoms with van der Waals surface area (Å²) >= 11 is 0. The molecule has 2 N–H and O–H groups in total. The fraction of sp³-hybridized carbons (Fsp3) is 0.222. The van der Waals surface area contributed by atoms with E-state index in [9.17, 15) is 0 Å². The lowest BCUT2D eigenvalue weighted by molar-refractivity contribution is 0.890. The highest BCUT2D eigenvalue weighted by Gasteiger charge is 1.99. The first-order valence-electron chi connectivity index (χ1n) is 4.70. The molecule has 2 aromatic heterocycles. The molecule has 0 amide bonds. The van der Waals surface area contributed by atoms with Gasteiger partial charge in [-0.3, -0.25) is 5.10 Å². The summed E-state index contributed by atoms with van der Waals surface area (Å²) in [5.41, 5.74) is 0.345. The number of aromatic amines is 1. The molecule has 0 unspecified atom stereocenters. The molecule has 2 heterocycles. The highest BCUT2D eigenvalue weighted by molar-refractivity contribution is 5.29. The van der Waals surface area contributed by atoms with Gasteiger partial charge in [0.1, 0.15) is 23.9 Å². The molecule has 0 aromatic carbocycles. The smallest absolute Gasteiger partial charge is 0.223 e. The summed E-state index contributed by atoms with van der Waals surface area (Å²) < 4.78 is 0. The van der Waals surface area contributed by atoms with Gasteiger partial charge in [-0.25, -0.2) is 15.0 Å². The number of anilines is 1. The van der Waals surface area contributed by atoms with Crippen molar-refractivity contribution >= 4 is 5.95 Å². The van der Waals surface area contributed by atoms with E-state index < -0.39 is 0 Å². The minimum atomic E-state index is 0.345. The fourth-order valence-electron chi connectivity index (χ4n) is 1.15. The minimum Gasteiger partial charge on any atom is -0.354 e. The van der Waals surface area contributed by atoms with E-state index in [0.29, 0.717) is 24.6 Å². The van der Waals surface area contributed by atoms with E-state index in [-0.39, 0.29) is 0 Å². The topological polar surface area (TPSA) is 103 Å². The zero-order valence-electron chi connectivity index (χ0n) is 8.38. The maximum Gasteiger partial charge on any atom is 0.223 e. The van der Waals surface area contributed by atoms with Gasteiger partial charge in [0.05, 0.1) is 0 Å². The lowest BCUT2D eigenvalue weighted by atomic mass is 10.4. The van der Waals surface area contributed by atoms with E-state index in [4.69, 9.17) is 5.26 Å². The third-order valence-corrected chi connectivity index (χ3v) is 1.88.